The van der Waals surface area contributed by atoms with Gasteiger partial charge in [-0.25, -0.2) is 9.97 Å². The van der Waals surface area contributed by atoms with Crippen molar-refractivity contribution in [1.82, 2.24) is 9.97 Å². The third-order valence-corrected chi connectivity index (χ3v) is 7.20. The molecule has 0 unspecified atom stereocenters. The molecular formula is C35H32N2O2. The maximum Gasteiger partial charge on any atom is 0.227 e. The highest BCUT2D eigenvalue weighted by Crippen LogP contribution is 2.37. The van der Waals surface area contributed by atoms with Crippen molar-refractivity contribution in [2.24, 2.45) is 0 Å². The maximum atomic E-state index is 6.52. The Bertz CT molecular complexity index is 1800. The molecule has 0 saturated carbocycles. The molecule has 39 heavy (non-hydrogen) atoms. The lowest BCUT2D eigenvalue weighted by Crippen LogP contribution is -1.97. The van der Waals surface area contributed by atoms with Crippen LogP contribution in [0.5, 0.6) is 11.6 Å². The molecule has 3 aromatic carbocycles. The van der Waals surface area contributed by atoms with E-state index in [4.69, 9.17) is 14.1 Å². The van der Waals surface area contributed by atoms with Crippen LogP contribution in [0, 0.1) is 6.92 Å². The first-order chi connectivity index (χ1) is 18.9. The average Bonchev–Trinajstić information content (AvgIpc) is 3.30. The van der Waals surface area contributed by atoms with Crippen molar-refractivity contribution in [3.05, 3.63) is 108 Å². The monoisotopic (exact) mass is 512 g/mol. The van der Waals surface area contributed by atoms with Crippen molar-refractivity contribution in [2.45, 2.75) is 46.5 Å². The molecule has 0 aliphatic carbocycles. The van der Waals surface area contributed by atoms with E-state index in [0.717, 1.165) is 55.7 Å². The SMILES string of the molecule is Cc1ccc2c(n1)oc1c(-c3cc(C(C)C)cc(Oc4cc(-c5ccccc5)cc(C(C)C)c4)n3)cccc12. The molecule has 6 aromatic rings. The largest absolute Gasteiger partial charge is 0.439 e. The van der Waals surface area contributed by atoms with Crippen LogP contribution >= 0.6 is 0 Å². The minimum Gasteiger partial charge on any atom is -0.439 e. The molecule has 0 spiro atoms. The van der Waals surface area contributed by atoms with Gasteiger partial charge < -0.3 is 9.15 Å². The molecule has 0 bridgehead atoms. The quantitative estimate of drug-likeness (QED) is 0.223. The molecule has 6 rings (SSSR count). The van der Waals surface area contributed by atoms with Crippen molar-refractivity contribution in [2.75, 3.05) is 0 Å². The van der Waals surface area contributed by atoms with Crippen molar-refractivity contribution >= 4 is 22.1 Å². The van der Waals surface area contributed by atoms with Gasteiger partial charge in [-0.1, -0.05) is 76.2 Å². The number of hydrogen-bond donors (Lipinski definition) is 0. The fraction of sp³-hybridized carbons (Fsp3) is 0.200. The Kier molecular flexibility index (Phi) is 6.40. The predicted molar refractivity (Wildman–Crippen MR) is 160 cm³/mol. The molecule has 0 N–H and O–H groups in total. The second-order valence-corrected chi connectivity index (χ2v) is 10.8. The molecule has 194 valence electrons. The summed E-state index contributed by atoms with van der Waals surface area (Å²) in [5, 5.41) is 2.04. The fourth-order valence-corrected chi connectivity index (χ4v) is 4.95. The van der Waals surface area contributed by atoms with Crippen LogP contribution in [0.3, 0.4) is 0 Å². The van der Waals surface area contributed by atoms with Crippen LogP contribution in [0.25, 0.3) is 44.5 Å². The van der Waals surface area contributed by atoms with E-state index in [-0.39, 0.29) is 0 Å². The van der Waals surface area contributed by atoms with Crippen LogP contribution in [0.15, 0.2) is 95.4 Å². The molecule has 4 nitrogen and oxygen atoms in total. The van der Waals surface area contributed by atoms with Gasteiger partial charge in [-0.15, -0.1) is 0 Å². The van der Waals surface area contributed by atoms with Crippen LogP contribution in [0.4, 0.5) is 0 Å². The van der Waals surface area contributed by atoms with Gasteiger partial charge in [-0.3, -0.25) is 0 Å². The lowest BCUT2D eigenvalue weighted by molar-refractivity contribution is 0.461. The topological polar surface area (TPSA) is 48.2 Å². The first-order valence-electron chi connectivity index (χ1n) is 13.5. The van der Waals surface area contributed by atoms with E-state index in [1.54, 1.807) is 0 Å². The Labute approximate surface area is 229 Å². The highest BCUT2D eigenvalue weighted by atomic mass is 16.5. The number of nitrogens with zero attached hydrogens (tertiary/aromatic N) is 2. The number of ether oxygens (including phenoxy) is 1. The number of aryl methyl sites for hydroxylation is 1. The van der Waals surface area contributed by atoms with Gasteiger partial charge in [0.1, 0.15) is 11.3 Å². The lowest BCUT2D eigenvalue weighted by atomic mass is 9.97. The standard InChI is InChI=1S/C35H32N2O2/c1-21(2)25-16-27(24-10-7-6-8-11-24)18-28(17-25)38-33-20-26(22(3)4)19-32(37-33)31-13-9-12-29-30-15-14-23(5)36-35(30)39-34(29)31/h6-22H,1-5H3. The molecular weight excluding hydrogens is 480 g/mol. The summed E-state index contributed by atoms with van der Waals surface area (Å²) < 4.78 is 12.8. The smallest absolute Gasteiger partial charge is 0.227 e. The van der Waals surface area contributed by atoms with E-state index in [2.05, 4.69) is 105 Å². The van der Waals surface area contributed by atoms with Crippen LogP contribution in [-0.2, 0) is 0 Å². The molecule has 3 heterocycles. The number of benzene rings is 3. The van der Waals surface area contributed by atoms with Crippen molar-refractivity contribution < 1.29 is 9.15 Å². The molecule has 4 heteroatoms. The maximum absolute atomic E-state index is 6.52. The highest BCUT2D eigenvalue weighted by Gasteiger charge is 2.17. The van der Waals surface area contributed by atoms with Gasteiger partial charge in [0.05, 0.1) is 5.69 Å². The average molecular weight is 513 g/mol. The molecule has 0 radical (unpaired) electrons. The van der Waals surface area contributed by atoms with Crippen LogP contribution in [-0.4, -0.2) is 9.97 Å². The zero-order valence-corrected chi connectivity index (χ0v) is 23.0. The van der Waals surface area contributed by atoms with Gasteiger partial charge in [0.2, 0.25) is 11.6 Å². The Hall–Kier alpha value is -4.44. The zero-order chi connectivity index (χ0) is 27.1. The number of rotatable bonds is 6. The molecule has 0 aliphatic heterocycles. The Morgan fingerprint density at radius 2 is 1.44 bits per heavy atom. The van der Waals surface area contributed by atoms with E-state index in [1.165, 1.54) is 5.56 Å². The number of para-hydroxylation sites is 1. The fourth-order valence-electron chi connectivity index (χ4n) is 4.95. The van der Waals surface area contributed by atoms with Gasteiger partial charge in [0.15, 0.2) is 0 Å². The van der Waals surface area contributed by atoms with Crippen LogP contribution in [0.2, 0.25) is 0 Å². The number of fused-ring (bicyclic) bond motifs is 3. The Balaban J connectivity index is 1.47. The predicted octanol–water partition coefficient (Wildman–Crippen LogP) is 10.1. The van der Waals surface area contributed by atoms with Crippen LogP contribution in [0.1, 0.15) is 56.4 Å². The van der Waals surface area contributed by atoms with E-state index in [1.807, 2.05) is 25.1 Å². The van der Waals surface area contributed by atoms with Gasteiger partial charge in [-0.05, 0) is 77.4 Å². The second-order valence-electron chi connectivity index (χ2n) is 10.8. The molecule has 0 atom stereocenters. The van der Waals surface area contributed by atoms with Gasteiger partial charge >= 0.3 is 0 Å². The first-order valence-corrected chi connectivity index (χ1v) is 13.5. The van der Waals surface area contributed by atoms with Gasteiger partial charge in [0.25, 0.3) is 0 Å². The minimum atomic E-state index is 0.301. The molecule has 0 amide bonds. The number of furan rings is 1. The summed E-state index contributed by atoms with van der Waals surface area (Å²) in [5.74, 6) is 2.01. The summed E-state index contributed by atoms with van der Waals surface area (Å²) in [6.07, 6.45) is 0. The van der Waals surface area contributed by atoms with E-state index >= 15 is 0 Å². The zero-order valence-electron chi connectivity index (χ0n) is 23.0. The second kappa shape index (κ2) is 10.0. The molecule has 0 saturated heterocycles. The first kappa shape index (κ1) is 24.9. The number of hydrogen-bond acceptors (Lipinski definition) is 4. The van der Waals surface area contributed by atoms with E-state index < -0.39 is 0 Å². The Morgan fingerprint density at radius 3 is 2.21 bits per heavy atom. The van der Waals surface area contributed by atoms with E-state index in [0.29, 0.717) is 23.4 Å². The summed E-state index contributed by atoms with van der Waals surface area (Å²) in [6, 6.07) is 31.3. The summed E-state index contributed by atoms with van der Waals surface area (Å²) in [4.78, 5) is 9.60. The van der Waals surface area contributed by atoms with Crippen LogP contribution < -0.4 is 4.74 Å². The molecule has 0 fully saturated rings. The third-order valence-electron chi connectivity index (χ3n) is 7.20. The normalized spacial score (nSPS) is 11.7. The third kappa shape index (κ3) is 4.90. The lowest BCUT2D eigenvalue weighted by Gasteiger charge is -2.15. The number of pyridine rings is 2. The van der Waals surface area contributed by atoms with Gasteiger partial charge in [0, 0.05) is 28.1 Å². The van der Waals surface area contributed by atoms with Crippen molar-refractivity contribution in [1.29, 1.82) is 0 Å². The summed E-state index contributed by atoms with van der Waals surface area (Å²) in [5.41, 5.74) is 8.78. The summed E-state index contributed by atoms with van der Waals surface area (Å²) in [7, 11) is 0. The Morgan fingerprint density at radius 1 is 0.667 bits per heavy atom. The molecule has 3 aromatic heterocycles. The van der Waals surface area contributed by atoms with Gasteiger partial charge in [-0.2, -0.15) is 0 Å². The molecule has 0 aliphatic rings. The minimum absolute atomic E-state index is 0.301. The van der Waals surface area contributed by atoms with E-state index in [9.17, 15) is 0 Å². The van der Waals surface area contributed by atoms with Crippen molar-refractivity contribution in [3.8, 4) is 34.0 Å². The highest BCUT2D eigenvalue weighted by molar-refractivity contribution is 6.08. The summed E-state index contributed by atoms with van der Waals surface area (Å²) in [6.45, 7) is 10.7. The summed E-state index contributed by atoms with van der Waals surface area (Å²) >= 11 is 0. The number of aromatic nitrogens is 2. The van der Waals surface area contributed by atoms with Crippen molar-refractivity contribution in [3.63, 3.8) is 0 Å².